The lowest BCUT2D eigenvalue weighted by Crippen LogP contribution is -2.15. The number of methoxy groups -OCH3 is 2. The summed E-state index contributed by atoms with van der Waals surface area (Å²) in [6.45, 7) is 2.06. The van der Waals surface area contributed by atoms with Crippen molar-refractivity contribution in [2.24, 2.45) is 0 Å². The second-order valence-corrected chi connectivity index (χ2v) is 10.5. The zero-order valence-electron chi connectivity index (χ0n) is 19.4. The van der Waals surface area contributed by atoms with E-state index in [-0.39, 0.29) is 5.25 Å². The van der Waals surface area contributed by atoms with E-state index in [2.05, 4.69) is 31.9 Å². The number of aromatic nitrogens is 5. The van der Waals surface area contributed by atoms with Gasteiger partial charge >= 0.3 is 0 Å². The van der Waals surface area contributed by atoms with E-state index in [1.165, 1.54) is 19.3 Å². The number of hydrogen-bond donors (Lipinski definition) is 0. The smallest absolute Gasteiger partial charge is 0.257 e. The van der Waals surface area contributed by atoms with E-state index in [9.17, 15) is 0 Å². The fraction of sp³-hybridized carbons (Fsp3) is 0.417. The number of thiophene rings is 1. The van der Waals surface area contributed by atoms with Crippen LogP contribution < -0.4 is 9.47 Å². The molecule has 0 bridgehead atoms. The first-order valence-electron chi connectivity index (χ1n) is 11.4. The Balaban J connectivity index is 1.47. The van der Waals surface area contributed by atoms with Crippen molar-refractivity contribution in [3.05, 3.63) is 41.6 Å². The molecular formula is C24H27N5O3S2. The molecule has 1 aromatic carbocycles. The first-order chi connectivity index (χ1) is 16.7. The van der Waals surface area contributed by atoms with Gasteiger partial charge in [0.05, 0.1) is 24.3 Å². The molecule has 0 amide bonds. The van der Waals surface area contributed by atoms with E-state index in [1.54, 1.807) is 37.3 Å². The molecule has 5 rings (SSSR count). The molecule has 34 heavy (non-hydrogen) atoms. The summed E-state index contributed by atoms with van der Waals surface area (Å²) in [6, 6.07) is 10.2. The Morgan fingerprint density at radius 2 is 1.85 bits per heavy atom. The maximum Gasteiger partial charge on any atom is 0.257 e. The standard InChI is InChI=1S/C24H27N5O3S2/c1-15(22-26-27-23(32-22)20-10-7-13-33-20)34-24-28-25-21(29(24)17-8-5-4-6-9-17)16-11-12-18(30-2)19(14-16)31-3/h7,10-15,17H,4-6,8-9H2,1-3H3. The Morgan fingerprint density at radius 3 is 2.59 bits per heavy atom. The summed E-state index contributed by atoms with van der Waals surface area (Å²) in [6.07, 6.45) is 5.92. The Morgan fingerprint density at radius 1 is 1.03 bits per heavy atom. The second kappa shape index (κ2) is 10.2. The monoisotopic (exact) mass is 497 g/mol. The van der Waals surface area contributed by atoms with Crippen LogP contribution >= 0.6 is 23.1 Å². The van der Waals surface area contributed by atoms with Crippen LogP contribution in [-0.4, -0.2) is 39.2 Å². The molecule has 1 unspecified atom stereocenters. The molecule has 8 nitrogen and oxygen atoms in total. The molecule has 0 saturated heterocycles. The lowest BCUT2D eigenvalue weighted by Gasteiger charge is -2.26. The van der Waals surface area contributed by atoms with Gasteiger partial charge in [-0.15, -0.1) is 31.7 Å². The van der Waals surface area contributed by atoms with Crippen LogP contribution in [0.3, 0.4) is 0 Å². The zero-order chi connectivity index (χ0) is 23.5. The number of thioether (sulfide) groups is 1. The van der Waals surface area contributed by atoms with Crippen LogP contribution in [0.5, 0.6) is 11.5 Å². The molecule has 1 aliphatic carbocycles. The second-order valence-electron chi connectivity index (χ2n) is 8.22. The lowest BCUT2D eigenvalue weighted by molar-refractivity contribution is 0.338. The van der Waals surface area contributed by atoms with Gasteiger partial charge in [0.15, 0.2) is 22.5 Å². The summed E-state index contributed by atoms with van der Waals surface area (Å²) in [5, 5.41) is 20.5. The Labute approximate surface area is 206 Å². The van der Waals surface area contributed by atoms with E-state index in [1.807, 2.05) is 35.7 Å². The number of ether oxygens (including phenoxy) is 2. The summed E-state index contributed by atoms with van der Waals surface area (Å²) in [5.41, 5.74) is 0.952. The molecule has 4 aromatic rings. The third kappa shape index (κ3) is 4.56. The minimum atomic E-state index is -0.0639. The van der Waals surface area contributed by atoms with Crippen molar-refractivity contribution < 1.29 is 13.9 Å². The Bertz CT molecular complexity index is 1230. The van der Waals surface area contributed by atoms with Crippen LogP contribution in [0.25, 0.3) is 22.2 Å². The van der Waals surface area contributed by atoms with Crippen molar-refractivity contribution >= 4 is 23.1 Å². The van der Waals surface area contributed by atoms with Gasteiger partial charge in [0.2, 0.25) is 5.89 Å². The van der Waals surface area contributed by atoms with Crippen molar-refractivity contribution in [2.45, 2.75) is 55.5 Å². The summed E-state index contributed by atoms with van der Waals surface area (Å²) in [7, 11) is 3.28. The summed E-state index contributed by atoms with van der Waals surface area (Å²) in [4.78, 5) is 0.970. The highest BCUT2D eigenvalue weighted by atomic mass is 32.2. The molecular weight excluding hydrogens is 470 g/mol. The summed E-state index contributed by atoms with van der Waals surface area (Å²) in [5.74, 6) is 3.34. The molecule has 178 valence electrons. The Hall–Kier alpha value is -2.85. The average molecular weight is 498 g/mol. The molecule has 1 saturated carbocycles. The van der Waals surface area contributed by atoms with Crippen molar-refractivity contribution in [2.75, 3.05) is 14.2 Å². The number of nitrogens with zero attached hydrogens (tertiary/aromatic N) is 5. The first kappa shape index (κ1) is 22.9. The lowest BCUT2D eigenvalue weighted by atomic mass is 9.95. The fourth-order valence-corrected chi connectivity index (χ4v) is 5.90. The highest BCUT2D eigenvalue weighted by molar-refractivity contribution is 7.99. The quantitative estimate of drug-likeness (QED) is 0.257. The topological polar surface area (TPSA) is 88.1 Å². The van der Waals surface area contributed by atoms with Crippen molar-refractivity contribution in [1.29, 1.82) is 0 Å². The van der Waals surface area contributed by atoms with Crippen molar-refractivity contribution in [1.82, 2.24) is 25.0 Å². The van der Waals surface area contributed by atoms with Gasteiger partial charge in [-0.25, -0.2) is 0 Å². The van der Waals surface area contributed by atoms with Gasteiger partial charge in [-0.3, -0.25) is 4.57 Å². The maximum atomic E-state index is 5.97. The van der Waals surface area contributed by atoms with Crippen molar-refractivity contribution in [3.8, 4) is 33.7 Å². The van der Waals surface area contributed by atoms with E-state index < -0.39 is 0 Å². The predicted octanol–water partition coefficient (Wildman–Crippen LogP) is 6.43. The van der Waals surface area contributed by atoms with Gasteiger partial charge in [0.25, 0.3) is 5.89 Å². The number of rotatable bonds is 8. The largest absolute Gasteiger partial charge is 0.493 e. The maximum absolute atomic E-state index is 5.97. The van der Waals surface area contributed by atoms with Crippen LogP contribution in [0, 0.1) is 0 Å². The summed E-state index contributed by atoms with van der Waals surface area (Å²) >= 11 is 3.19. The Kier molecular flexibility index (Phi) is 6.87. The van der Waals surface area contributed by atoms with Crippen LogP contribution in [-0.2, 0) is 0 Å². The minimum absolute atomic E-state index is 0.0639. The molecule has 0 aliphatic heterocycles. The molecule has 10 heteroatoms. The van der Waals surface area contributed by atoms with Crippen LogP contribution in [0.4, 0.5) is 0 Å². The molecule has 1 aliphatic rings. The zero-order valence-corrected chi connectivity index (χ0v) is 21.1. The molecule has 0 N–H and O–H groups in total. The van der Waals surface area contributed by atoms with Gasteiger partial charge in [-0.1, -0.05) is 37.1 Å². The van der Waals surface area contributed by atoms with E-state index in [0.29, 0.717) is 29.3 Å². The normalized spacial score (nSPS) is 15.4. The molecule has 3 aromatic heterocycles. The third-order valence-electron chi connectivity index (χ3n) is 6.05. The molecule has 0 spiro atoms. The third-order valence-corrected chi connectivity index (χ3v) is 7.95. The van der Waals surface area contributed by atoms with E-state index in [4.69, 9.17) is 13.9 Å². The van der Waals surface area contributed by atoms with Gasteiger partial charge in [0, 0.05) is 11.6 Å². The van der Waals surface area contributed by atoms with Gasteiger partial charge in [0.1, 0.15) is 0 Å². The van der Waals surface area contributed by atoms with E-state index >= 15 is 0 Å². The van der Waals surface area contributed by atoms with Crippen LogP contribution in [0.15, 0.2) is 45.3 Å². The predicted molar refractivity (Wildman–Crippen MR) is 133 cm³/mol. The highest BCUT2D eigenvalue weighted by Crippen LogP contribution is 2.41. The molecule has 3 heterocycles. The SMILES string of the molecule is COc1ccc(-c2nnc(SC(C)c3nnc(-c4cccs4)o3)n2C2CCCCC2)cc1OC. The molecule has 0 radical (unpaired) electrons. The van der Waals surface area contributed by atoms with Crippen LogP contribution in [0.1, 0.15) is 56.2 Å². The highest BCUT2D eigenvalue weighted by Gasteiger charge is 2.27. The number of benzene rings is 1. The average Bonchev–Trinajstić information content (AvgIpc) is 3.65. The van der Waals surface area contributed by atoms with Crippen LogP contribution in [0.2, 0.25) is 0 Å². The molecule has 1 atom stereocenters. The summed E-state index contributed by atoms with van der Waals surface area (Å²) < 4.78 is 19.2. The fourth-order valence-electron chi connectivity index (χ4n) is 4.31. The van der Waals surface area contributed by atoms with Gasteiger partial charge in [-0.2, -0.15) is 0 Å². The number of hydrogen-bond acceptors (Lipinski definition) is 9. The van der Waals surface area contributed by atoms with Crippen molar-refractivity contribution in [3.63, 3.8) is 0 Å². The molecule has 1 fully saturated rings. The first-order valence-corrected chi connectivity index (χ1v) is 13.1. The minimum Gasteiger partial charge on any atom is -0.493 e. The van der Waals surface area contributed by atoms with Gasteiger partial charge < -0.3 is 13.9 Å². The van der Waals surface area contributed by atoms with E-state index in [0.717, 1.165) is 34.3 Å². The van der Waals surface area contributed by atoms with Gasteiger partial charge in [-0.05, 0) is 49.4 Å².